The maximum Gasteiger partial charge on any atom is 0.303 e. The second-order valence-electron chi connectivity index (χ2n) is 8.05. The maximum atomic E-state index is 11.8. The molecule has 0 amide bonds. The van der Waals surface area contributed by atoms with Crippen molar-refractivity contribution < 1.29 is 33.6 Å². The molecular formula is C25H31N3O7. The van der Waals surface area contributed by atoms with E-state index in [1.54, 1.807) is 0 Å². The van der Waals surface area contributed by atoms with Gasteiger partial charge in [-0.05, 0) is 23.1 Å². The minimum Gasteiger partial charge on any atom is -0.457 e. The van der Waals surface area contributed by atoms with E-state index in [9.17, 15) is 9.90 Å². The van der Waals surface area contributed by atoms with Gasteiger partial charge >= 0.3 is 5.97 Å². The van der Waals surface area contributed by atoms with E-state index in [0.29, 0.717) is 13.0 Å². The van der Waals surface area contributed by atoms with Crippen molar-refractivity contribution in [3.63, 3.8) is 0 Å². The number of hydrogen-bond donors (Lipinski definition) is 1. The Morgan fingerprint density at radius 2 is 1.69 bits per heavy atom. The summed E-state index contributed by atoms with van der Waals surface area (Å²) in [5.74, 6) is -0.554. The largest absolute Gasteiger partial charge is 0.457 e. The molecule has 2 aromatic carbocycles. The molecule has 188 valence electrons. The van der Waals surface area contributed by atoms with E-state index >= 15 is 0 Å². The van der Waals surface area contributed by atoms with Gasteiger partial charge in [0.25, 0.3) is 0 Å². The van der Waals surface area contributed by atoms with Gasteiger partial charge in [0.2, 0.25) is 0 Å². The Bertz CT molecular complexity index is 939. The summed E-state index contributed by atoms with van der Waals surface area (Å²) < 4.78 is 29.2. The summed E-state index contributed by atoms with van der Waals surface area (Å²) >= 11 is 0. The smallest absolute Gasteiger partial charge is 0.303 e. The molecule has 0 spiro atoms. The standard InChI is InChI=1S/C25H31N3O7/c1-18(29)34-23-21(17-31-15-19-9-4-2-5-10-19)35-25(32-14-8-13-27-28-26)24(22(23)30)33-16-20-11-6-3-7-12-20/h2-7,9-12,21-25,30H,8,13-17H2,1H3/t21?,22?,23-,24?,25+/m0/s1. The van der Waals surface area contributed by atoms with Gasteiger partial charge in [0, 0.05) is 25.0 Å². The van der Waals surface area contributed by atoms with Crippen LogP contribution in [0, 0.1) is 0 Å². The molecule has 1 fully saturated rings. The molecule has 0 bridgehead atoms. The summed E-state index contributed by atoms with van der Waals surface area (Å²) in [6, 6.07) is 19.1. The van der Waals surface area contributed by atoms with E-state index in [1.807, 2.05) is 60.7 Å². The van der Waals surface area contributed by atoms with Gasteiger partial charge in [0.1, 0.15) is 18.3 Å². The van der Waals surface area contributed by atoms with E-state index in [4.69, 9.17) is 29.2 Å². The minimum atomic E-state index is -1.22. The Kier molecular flexibility index (Phi) is 11.0. The molecule has 10 heteroatoms. The Hall–Kier alpha value is -2.98. The zero-order valence-electron chi connectivity index (χ0n) is 19.6. The summed E-state index contributed by atoms with van der Waals surface area (Å²) in [6.45, 7) is 2.35. The molecule has 0 aliphatic carbocycles. The number of rotatable bonds is 13. The molecule has 3 unspecified atom stereocenters. The first-order valence-electron chi connectivity index (χ1n) is 11.5. The lowest BCUT2D eigenvalue weighted by molar-refractivity contribution is -0.315. The zero-order chi connectivity index (χ0) is 24.9. The summed E-state index contributed by atoms with van der Waals surface area (Å²) in [6.07, 6.45) is -4.41. The van der Waals surface area contributed by atoms with Crippen LogP contribution in [-0.2, 0) is 41.7 Å². The molecule has 3 rings (SSSR count). The van der Waals surface area contributed by atoms with Gasteiger partial charge in [-0.1, -0.05) is 65.8 Å². The molecule has 0 radical (unpaired) electrons. The second-order valence-corrected chi connectivity index (χ2v) is 8.05. The quantitative estimate of drug-likeness (QED) is 0.151. The summed E-state index contributed by atoms with van der Waals surface area (Å²) in [5, 5.41) is 14.7. The lowest BCUT2D eigenvalue weighted by Crippen LogP contribution is -2.61. The number of carbonyl (C=O) groups is 1. The summed E-state index contributed by atoms with van der Waals surface area (Å²) in [7, 11) is 0. The predicted molar refractivity (Wildman–Crippen MR) is 126 cm³/mol. The first-order valence-corrected chi connectivity index (χ1v) is 11.5. The molecule has 5 atom stereocenters. The minimum absolute atomic E-state index is 0.0634. The summed E-state index contributed by atoms with van der Waals surface area (Å²) in [5.41, 5.74) is 10.3. The molecule has 0 saturated carbocycles. The van der Waals surface area contributed by atoms with Crippen molar-refractivity contribution in [2.24, 2.45) is 5.11 Å². The number of azide groups is 1. The average molecular weight is 486 g/mol. The number of ether oxygens (including phenoxy) is 5. The lowest BCUT2D eigenvalue weighted by atomic mass is 9.98. The maximum absolute atomic E-state index is 11.8. The molecule has 10 nitrogen and oxygen atoms in total. The Labute approximate surface area is 204 Å². The number of aliphatic hydroxyl groups is 1. The first kappa shape index (κ1) is 26.6. The van der Waals surface area contributed by atoms with Crippen LogP contribution >= 0.6 is 0 Å². The van der Waals surface area contributed by atoms with Gasteiger partial charge in [0.15, 0.2) is 12.4 Å². The fourth-order valence-electron chi connectivity index (χ4n) is 3.69. The number of nitrogens with zero attached hydrogens (tertiary/aromatic N) is 3. The number of esters is 1. The van der Waals surface area contributed by atoms with E-state index in [2.05, 4.69) is 10.0 Å². The number of carbonyl (C=O) groups excluding carboxylic acids is 1. The van der Waals surface area contributed by atoms with Crippen LogP contribution in [0.2, 0.25) is 0 Å². The molecule has 0 aromatic heterocycles. The highest BCUT2D eigenvalue weighted by atomic mass is 16.7. The van der Waals surface area contributed by atoms with Gasteiger partial charge in [-0.15, -0.1) is 0 Å². The average Bonchev–Trinajstić information content (AvgIpc) is 2.86. The summed E-state index contributed by atoms with van der Waals surface area (Å²) in [4.78, 5) is 14.5. The molecule has 1 saturated heterocycles. The van der Waals surface area contributed by atoms with Crippen molar-refractivity contribution in [3.8, 4) is 0 Å². The molecule has 2 aromatic rings. The van der Waals surface area contributed by atoms with E-state index in [1.165, 1.54) is 6.92 Å². The van der Waals surface area contributed by atoms with Crippen molar-refractivity contribution in [1.82, 2.24) is 0 Å². The highest BCUT2D eigenvalue weighted by molar-refractivity contribution is 5.66. The third-order valence-electron chi connectivity index (χ3n) is 5.35. The second kappa shape index (κ2) is 14.4. The van der Waals surface area contributed by atoms with Crippen LogP contribution in [0.1, 0.15) is 24.5 Å². The van der Waals surface area contributed by atoms with Crippen LogP contribution < -0.4 is 0 Å². The third kappa shape index (κ3) is 8.63. The van der Waals surface area contributed by atoms with Crippen molar-refractivity contribution in [2.75, 3.05) is 19.8 Å². The third-order valence-corrected chi connectivity index (χ3v) is 5.35. The number of hydrogen-bond acceptors (Lipinski definition) is 8. The molecule has 35 heavy (non-hydrogen) atoms. The Morgan fingerprint density at radius 1 is 1.03 bits per heavy atom. The van der Waals surface area contributed by atoms with Crippen LogP contribution in [0.3, 0.4) is 0 Å². The normalized spacial score (nSPS) is 23.9. The lowest BCUT2D eigenvalue weighted by Gasteiger charge is -2.43. The molecular weight excluding hydrogens is 454 g/mol. The predicted octanol–water partition coefficient (Wildman–Crippen LogP) is 3.52. The molecule has 1 heterocycles. The SMILES string of the molecule is CC(=O)O[C@H]1C(COCc2ccccc2)O[C@@H](OCCCN=[N+]=[N-])C(OCc2ccccc2)C1O. The monoisotopic (exact) mass is 485 g/mol. The number of aliphatic hydroxyl groups excluding tert-OH is 1. The van der Waals surface area contributed by atoms with Crippen LogP contribution in [-0.4, -0.2) is 61.5 Å². The fourth-order valence-corrected chi connectivity index (χ4v) is 3.69. The van der Waals surface area contributed by atoms with Crippen LogP contribution in [0.15, 0.2) is 65.8 Å². The van der Waals surface area contributed by atoms with Crippen molar-refractivity contribution >= 4 is 5.97 Å². The van der Waals surface area contributed by atoms with Gasteiger partial charge < -0.3 is 28.8 Å². The van der Waals surface area contributed by atoms with E-state index in [-0.39, 0.29) is 26.4 Å². The Morgan fingerprint density at radius 3 is 2.31 bits per heavy atom. The van der Waals surface area contributed by atoms with Gasteiger partial charge in [-0.2, -0.15) is 0 Å². The highest BCUT2D eigenvalue weighted by Gasteiger charge is 2.48. The highest BCUT2D eigenvalue weighted by Crippen LogP contribution is 2.28. The zero-order valence-corrected chi connectivity index (χ0v) is 19.6. The Balaban J connectivity index is 1.70. The molecule has 1 aliphatic rings. The number of benzene rings is 2. The van der Waals surface area contributed by atoms with Crippen LogP contribution in [0.25, 0.3) is 10.4 Å². The van der Waals surface area contributed by atoms with Crippen molar-refractivity contribution in [3.05, 3.63) is 82.2 Å². The first-order chi connectivity index (χ1) is 17.1. The van der Waals surface area contributed by atoms with Crippen molar-refractivity contribution in [2.45, 2.75) is 57.3 Å². The van der Waals surface area contributed by atoms with E-state index < -0.39 is 36.7 Å². The molecule has 1 aliphatic heterocycles. The van der Waals surface area contributed by atoms with Crippen molar-refractivity contribution in [1.29, 1.82) is 0 Å². The van der Waals surface area contributed by atoms with Gasteiger partial charge in [0.05, 0.1) is 19.8 Å². The van der Waals surface area contributed by atoms with Gasteiger partial charge in [-0.3, -0.25) is 4.79 Å². The van der Waals surface area contributed by atoms with E-state index in [0.717, 1.165) is 11.1 Å². The fraction of sp³-hybridized carbons (Fsp3) is 0.480. The molecule has 1 N–H and O–H groups in total. The van der Waals surface area contributed by atoms with Crippen LogP contribution in [0.5, 0.6) is 0 Å². The van der Waals surface area contributed by atoms with Gasteiger partial charge in [-0.25, -0.2) is 0 Å². The van der Waals surface area contributed by atoms with Crippen LogP contribution in [0.4, 0.5) is 0 Å². The topological polar surface area (TPSA) is 132 Å².